The fraction of sp³-hybridized carbons (Fsp3) is 0.0769. The van der Waals surface area contributed by atoms with Gasteiger partial charge in [0.1, 0.15) is 5.75 Å². The summed E-state index contributed by atoms with van der Waals surface area (Å²) < 4.78 is 31.9. The molecule has 20 heavy (non-hydrogen) atoms. The van der Waals surface area contributed by atoms with Gasteiger partial charge < -0.3 is 10.5 Å². The number of nitrogens with two attached hydrogens (primary N) is 1. The second-order valence-corrected chi connectivity index (χ2v) is 6.11. The highest BCUT2D eigenvalue weighted by molar-refractivity contribution is 7.92. The third-order valence-electron chi connectivity index (χ3n) is 2.60. The van der Waals surface area contributed by atoms with E-state index in [-0.39, 0.29) is 10.6 Å². The molecular weight excluding hydrogens is 300 g/mol. The van der Waals surface area contributed by atoms with Gasteiger partial charge in [-0.3, -0.25) is 4.72 Å². The zero-order valence-electron chi connectivity index (χ0n) is 10.6. The summed E-state index contributed by atoms with van der Waals surface area (Å²) in [7, 11) is -2.21. The molecule has 0 bridgehead atoms. The van der Waals surface area contributed by atoms with Crippen LogP contribution in [0.25, 0.3) is 0 Å². The van der Waals surface area contributed by atoms with E-state index in [1.165, 1.54) is 25.3 Å². The van der Waals surface area contributed by atoms with Gasteiger partial charge in [-0.15, -0.1) is 0 Å². The van der Waals surface area contributed by atoms with Gasteiger partial charge in [0.2, 0.25) is 0 Å². The van der Waals surface area contributed by atoms with Crippen LogP contribution in [0.2, 0.25) is 5.02 Å². The van der Waals surface area contributed by atoms with E-state index in [4.69, 9.17) is 22.1 Å². The number of nitrogen functional groups attached to an aromatic ring is 1. The summed E-state index contributed by atoms with van der Waals surface area (Å²) in [5.74, 6) is 0.556. The van der Waals surface area contributed by atoms with Crippen LogP contribution in [0, 0.1) is 0 Å². The lowest BCUT2D eigenvalue weighted by molar-refractivity contribution is 0.415. The number of benzene rings is 2. The van der Waals surface area contributed by atoms with Gasteiger partial charge >= 0.3 is 0 Å². The SMILES string of the molecule is COc1cccc(NS(=O)(=O)c2ccc(Cl)c(N)c2)c1. The van der Waals surface area contributed by atoms with Gasteiger partial charge in [-0.25, -0.2) is 8.42 Å². The first kappa shape index (κ1) is 14.5. The van der Waals surface area contributed by atoms with Crippen molar-refractivity contribution in [2.45, 2.75) is 4.90 Å². The molecule has 0 radical (unpaired) electrons. The maximum absolute atomic E-state index is 12.2. The molecule has 0 amide bonds. The van der Waals surface area contributed by atoms with Crippen molar-refractivity contribution >= 4 is 33.0 Å². The predicted octanol–water partition coefficient (Wildman–Crippen LogP) is 2.73. The van der Waals surface area contributed by atoms with Crippen molar-refractivity contribution in [1.82, 2.24) is 0 Å². The molecule has 5 nitrogen and oxygen atoms in total. The van der Waals surface area contributed by atoms with Crippen LogP contribution in [0.1, 0.15) is 0 Å². The maximum atomic E-state index is 12.2. The molecule has 106 valence electrons. The minimum atomic E-state index is -3.72. The first-order valence-corrected chi connectivity index (χ1v) is 7.50. The molecule has 0 atom stereocenters. The molecule has 0 heterocycles. The summed E-state index contributed by atoms with van der Waals surface area (Å²) in [6, 6.07) is 10.8. The number of nitrogens with one attached hydrogen (secondary N) is 1. The molecule has 0 fully saturated rings. The van der Waals surface area contributed by atoms with Gasteiger partial charge in [0, 0.05) is 6.07 Å². The number of anilines is 2. The molecule has 0 aliphatic heterocycles. The molecular formula is C13H13ClN2O3S. The van der Waals surface area contributed by atoms with E-state index in [0.717, 1.165) is 0 Å². The van der Waals surface area contributed by atoms with E-state index in [9.17, 15) is 8.42 Å². The molecule has 2 rings (SSSR count). The Balaban J connectivity index is 2.32. The van der Waals surface area contributed by atoms with E-state index in [1.54, 1.807) is 24.3 Å². The van der Waals surface area contributed by atoms with Gasteiger partial charge in [-0.05, 0) is 30.3 Å². The van der Waals surface area contributed by atoms with Crippen LogP contribution in [0.4, 0.5) is 11.4 Å². The maximum Gasteiger partial charge on any atom is 0.261 e. The highest BCUT2D eigenvalue weighted by Crippen LogP contribution is 2.25. The zero-order chi connectivity index (χ0) is 14.8. The lowest BCUT2D eigenvalue weighted by atomic mass is 10.3. The van der Waals surface area contributed by atoms with E-state index in [2.05, 4.69) is 4.72 Å². The van der Waals surface area contributed by atoms with Crippen LogP contribution in [-0.2, 0) is 10.0 Å². The van der Waals surface area contributed by atoms with Crippen molar-refractivity contribution in [3.63, 3.8) is 0 Å². The molecule has 0 saturated carbocycles. The minimum absolute atomic E-state index is 0.0437. The lowest BCUT2D eigenvalue weighted by Crippen LogP contribution is -2.13. The smallest absolute Gasteiger partial charge is 0.261 e. The molecule has 2 aromatic carbocycles. The minimum Gasteiger partial charge on any atom is -0.497 e. The summed E-state index contributed by atoms with van der Waals surface area (Å²) in [5, 5.41) is 0.310. The normalized spacial score (nSPS) is 11.1. The van der Waals surface area contributed by atoms with Gasteiger partial charge in [0.05, 0.1) is 28.4 Å². The van der Waals surface area contributed by atoms with Gasteiger partial charge in [0.15, 0.2) is 0 Å². The van der Waals surface area contributed by atoms with E-state index in [1.807, 2.05) is 0 Å². The third kappa shape index (κ3) is 3.15. The number of hydrogen-bond acceptors (Lipinski definition) is 4. The first-order valence-electron chi connectivity index (χ1n) is 5.64. The van der Waals surface area contributed by atoms with Crippen LogP contribution in [-0.4, -0.2) is 15.5 Å². The molecule has 0 aromatic heterocycles. The lowest BCUT2D eigenvalue weighted by Gasteiger charge is -2.10. The largest absolute Gasteiger partial charge is 0.497 e. The third-order valence-corrected chi connectivity index (χ3v) is 4.32. The Labute approximate surface area is 122 Å². The van der Waals surface area contributed by atoms with Crippen molar-refractivity contribution < 1.29 is 13.2 Å². The van der Waals surface area contributed by atoms with Crippen LogP contribution < -0.4 is 15.2 Å². The van der Waals surface area contributed by atoms with Crippen LogP contribution in [0.15, 0.2) is 47.4 Å². The molecule has 7 heteroatoms. The van der Waals surface area contributed by atoms with Crippen molar-refractivity contribution in [2.75, 3.05) is 17.6 Å². The Morgan fingerprint density at radius 1 is 1.20 bits per heavy atom. The van der Waals surface area contributed by atoms with Crippen LogP contribution in [0.3, 0.4) is 0 Å². The highest BCUT2D eigenvalue weighted by Gasteiger charge is 2.15. The summed E-state index contributed by atoms with van der Waals surface area (Å²) in [4.78, 5) is 0.0437. The summed E-state index contributed by atoms with van der Waals surface area (Å²) in [5.41, 5.74) is 6.22. The van der Waals surface area contributed by atoms with Crippen LogP contribution >= 0.6 is 11.6 Å². The molecule has 0 aliphatic rings. The average Bonchev–Trinajstić information content (AvgIpc) is 2.41. The van der Waals surface area contributed by atoms with E-state index in [0.29, 0.717) is 16.5 Å². The number of rotatable bonds is 4. The topological polar surface area (TPSA) is 81.4 Å². The van der Waals surface area contributed by atoms with Crippen molar-refractivity contribution in [2.24, 2.45) is 0 Å². The standard InChI is InChI=1S/C13H13ClN2O3S/c1-19-10-4-2-3-9(7-10)16-20(17,18)11-5-6-12(14)13(15)8-11/h2-8,16H,15H2,1H3. The molecule has 0 spiro atoms. The Morgan fingerprint density at radius 3 is 2.60 bits per heavy atom. The predicted molar refractivity (Wildman–Crippen MR) is 79.7 cm³/mol. The Morgan fingerprint density at radius 2 is 1.95 bits per heavy atom. The van der Waals surface area contributed by atoms with Gasteiger partial charge in [-0.2, -0.15) is 0 Å². The number of ether oxygens (including phenoxy) is 1. The molecule has 0 unspecified atom stereocenters. The summed E-state index contributed by atoms with van der Waals surface area (Å²) in [6.07, 6.45) is 0. The number of hydrogen-bond donors (Lipinski definition) is 2. The van der Waals surface area contributed by atoms with Gasteiger partial charge in [0.25, 0.3) is 10.0 Å². The molecule has 2 aromatic rings. The number of methoxy groups -OCH3 is 1. The highest BCUT2D eigenvalue weighted by atomic mass is 35.5. The second kappa shape index (κ2) is 5.60. The van der Waals surface area contributed by atoms with Gasteiger partial charge in [-0.1, -0.05) is 17.7 Å². The summed E-state index contributed by atoms with van der Waals surface area (Å²) in [6.45, 7) is 0. The van der Waals surface area contributed by atoms with Crippen molar-refractivity contribution in [3.8, 4) is 5.75 Å². The fourth-order valence-electron chi connectivity index (χ4n) is 1.59. The van der Waals surface area contributed by atoms with E-state index < -0.39 is 10.0 Å². The second-order valence-electron chi connectivity index (χ2n) is 4.02. The quantitative estimate of drug-likeness (QED) is 0.851. The molecule has 0 aliphatic carbocycles. The monoisotopic (exact) mass is 312 g/mol. The number of halogens is 1. The van der Waals surface area contributed by atoms with E-state index >= 15 is 0 Å². The Hall–Kier alpha value is -1.92. The average molecular weight is 313 g/mol. The Kier molecular flexibility index (Phi) is 4.06. The molecule has 0 saturated heterocycles. The van der Waals surface area contributed by atoms with Crippen molar-refractivity contribution in [3.05, 3.63) is 47.5 Å². The van der Waals surface area contributed by atoms with Crippen molar-refractivity contribution in [1.29, 1.82) is 0 Å². The summed E-state index contributed by atoms with van der Waals surface area (Å²) >= 11 is 5.77. The zero-order valence-corrected chi connectivity index (χ0v) is 12.2. The van der Waals surface area contributed by atoms with Crippen LogP contribution in [0.5, 0.6) is 5.75 Å². The first-order chi connectivity index (χ1) is 9.42. The fourth-order valence-corrected chi connectivity index (χ4v) is 2.79. The Bertz CT molecular complexity index is 732. The number of sulfonamides is 1. The molecule has 3 N–H and O–H groups in total.